The highest BCUT2D eigenvalue weighted by Crippen LogP contribution is 2.13. The summed E-state index contributed by atoms with van der Waals surface area (Å²) in [5.74, 6) is 0.500. The lowest BCUT2D eigenvalue weighted by atomic mass is 10.00. The van der Waals surface area contributed by atoms with E-state index in [1.807, 2.05) is 6.92 Å². The molecule has 0 radical (unpaired) electrons. The van der Waals surface area contributed by atoms with E-state index in [-0.39, 0.29) is 0 Å². The Morgan fingerprint density at radius 1 is 1.60 bits per heavy atom. The first-order valence-corrected chi connectivity index (χ1v) is 3.79. The molecule has 0 fully saturated rings. The van der Waals surface area contributed by atoms with Crippen LogP contribution in [-0.4, -0.2) is 0 Å². The van der Waals surface area contributed by atoms with Crippen LogP contribution in [0.4, 0.5) is 0 Å². The molecule has 0 aromatic carbocycles. The normalized spacial score (nSPS) is 16.1. The van der Waals surface area contributed by atoms with E-state index in [1.54, 1.807) is 6.20 Å². The van der Waals surface area contributed by atoms with E-state index in [2.05, 4.69) is 26.0 Å². The molecule has 1 atom stereocenters. The van der Waals surface area contributed by atoms with Crippen LogP contribution in [0.25, 0.3) is 0 Å². The van der Waals surface area contributed by atoms with Crippen LogP contribution in [0.5, 0.6) is 0 Å². The van der Waals surface area contributed by atoms with Crippen LogP contribution in [-0.2, 0) is 0 Å². The molecule has 0 aromatic rings. The van der Waals surface area contributed by atoms with Gasteiger partial charge in [-0.2, -0.15) is 0 Å². The van der Waals surface area contributed by atoms with Gasteiger partial charge in [0.25, 0.3) is 0 Å². The number of allylic oxidation sites excluding steroid dienone is 3. The molecule has 2 N–H and O–H groups in total. The molecule has 0 aliphatic heterocycles. The second-order valence-electron chi connectivity index (χ2n) is 2.41. The molecular weight excluding hydrogens is 122 g/mol. The molecule has 0 saturated heterocycles. The number of hydrogen-bond acceptors (Lipinski definition) is 1. The predicted octanol–water partition coefficient (Wildman–Crippen LogP) is 2.45. The Morgan fingerprint density at radius 3 is 2.50 bits per heavy atom. The molecule has 0 rings (SSSR count). The summed E-state index contributed by atoms with van der Waals surface area (Å²) in [6.45, 7) is 6.31. The summed E-state index contributed by atoms with van der Waals surface area (Å²) in [7, 11) is 0. The van der Waals surface area contributed by atoms with Gasteiger partial charge in [-0.15, -0.1) is 0 Å². The Hall–Kier alpha value is -0.720. The lowest BCUT2D eigenvalue weighted by molar-refractivity contribution is 0.803. The van der Waals surface area contributed by atoms with Crippen LogP contribution in [0.3, 0.4) is 0 Å². The highest BCUT2D eigenvalue weighted by atomic mass is 14.5. The maximum Gasteiger partial charge on any atom is -0.00347 e. The highest BCUT2D eigenvalue weighted by molar-refractivity contribution is 5.09. The van der Waals surface area contributed by atoms with E-state index in [0.29, 0.717) is 5.92 Å². The van der Waals surface area contributed by atoms with Gasteiger partial charge in [-0.25, -0.2) is 0 Å². The number of nitrogens with two attached hydrogens (primary N) is 1. The second kappa shape index (κ2) is 5.10. The minimum Gasteiger partial charge on any atom is -0.405 e. The van der Waals surface area contributed by atoms with Gasteiger partial charge in [0.15, 0.2) is 0 Å². The van der Waals surface area contributed by atoms with Gasteiger partial charge in [-0.3, -0.25) is 0 Å². The maximum atomic E-state index is 5.42. The summed E-state index contributed by atoms with van der Waals surface area (Å²) < 4.78 is 0. The summed E-state index contributed by atoms with van der Waals surface area (Å²) in [6.07, 6.45) is 6.97. The molecule has 58 valence electrons. The number of hydrogen-bond donors (Lipinski definition) is 1. The smallest absolute Gasteiger partial charge is 0.00347 e. The fourth-order valence-electron chi connectivity index (χ4n) is 1.00. The zero-order chi connectivity index (χ0) is 7.98. The van der Waals surface area contributed by atoms with E-state index in [1.165, 1.54) is 5.57 Å². The Balaban J connectivity index is 4.03. The molecule has 0 heterocycles. The van der Waals surface area contributed by atoms with Crippen molar-refractivity contribution in [3.05, 3.63) is 23.9 Å². The molecule has 0 bridgehead atoms. The second-order valence-corrected chi connectivity index (χ2v) is 2.41. The Morgan fingerprint density at radius 2 is 2.20 bits per heavy atom. The van der Waals surface area contributed by atoms with Crippen LogP contribution in [0.2, 0.25) is 0 Å². The molecular formula is C9H17N. The highest BCUT2D eigenvalue weighted by Gasteiger charge is 1.99. The molecule has 0 saturated carbocycles. The zero-order valence-electron chi connectivity index (χ0n) is 7.09. The molecule has 0 aliphatic rings. The van der Waals surface area contributed by atoms with Gasteiger partial charge >= 0.3 is 0 Å². The van der Waals surface area contributed by atoms with Crippen molar-refractivity contribution < 1.29 is 0 Å². The van der Waals surface area contributed by atoms with E-state index in [0.717, 1.165) is 6.42 Å². The first-order valence-electron chi connectivity index (χ1n) is 3.79. The van der Waals surface area contributed by atoms with Crippen molar-refractivity contribution in [2.24, 2.45) is 11.7 Å². The van der Waals surface area contributed by atoms with Crippen LogP contribution in [0, 0.1) is 5.92 Å². The molecule has 0 aromatic heterocycles. The van der Waals surface area contributed by atoms with Gasteiger partial charge in [0.2, 0.25) is 0 Å². The van der Waals surface area contributed by atoms with Crippen molar-refractivity contribution in [3.8, 4) is 0 Å². The maximum absolute atomic E-state index is 5.42. The minimum atomic E-state index is 0.500. The average molecular weight is 139 g/mol. The van der Waals surface area contributed by atoms with Crippen molar-refractivity contribution in [3.63, 3.8) is 0 Å². The van der Waals surface area contributed by atoms with Crippen LogP contribution >= 0.6 is 0 Å². The molecule has 0 amide bonds. The van der Waals surface area contributed by atoms with Crippen LogP contribution in [0.1, 0.15) is 27.2 Å². The SMILES string of the molecule is C/C=C\C(C)/C(=C\N)CC. The summed E-state index contributed by atoms with van der Waals surface area (Å²) in [5.41, 5.74) is 6.72. The number of rotatable bonds is 3. The van der Waals surface area contributed by atoms with Gasteiger partial charge in [0.05, 0.1) is 0 Å². The van der Waals surface area contributed by atoms with Crippen molar-refractivity contribution in [2.75, 3.05) is 0 Å². The van der Waals surface area contributed by atoms with Gasteiger partial charge in [0, 0.05) is 0 Å². The van der Waals surface area contributed by atoms with Gasteiger partial charge < -0.3 is 5.73 Å². The summed E-state index contributed by atoms with van der Waals surface area (Å²) in [5, 5.41) is 0. The Kier molecular flexibility index (Phi) is 4.73. The summed E-state index contributed by atoms with van der Waals surface area (Å²) in [6, 6.07) is 0. The molecule has 1 heteroatoms. The fraction of sp³-hybridized carbons (Fsp3) is 0.556. The van der Waals surface area contributed by atoms with E-state index >= 15 is 0 Å². The first-order chi connectivity index (χ1) is 4.76. The summed E-state index contributed by atoms with van der Waals surface area (Å²) >= 11 is 0. The fourth-order valence-corrected chi connectivity index (χ4v) is 1.00. The van der Waals surface area contributed by atoms with Gasteiger partial charge in [-0.1, -0.05) is 26.0 Å². The Labute approximate surface area is 63.6 Å². The van der Waals surface area contributed by atoms with Crippen molar-refractivity contribution >= 4 is 0 Å². The molecule has 0 aliphatic carbocycles. The van der Waals surface area contributed by atoms with Crippen molar-refractivity contribution in [1.29, 1.82) is 0 Å². The van der Waals surface area contributed by atoms with E-state index < -0.39 is 0 Å². The van der Waals surface area contributed by atoms with Gasteiger partial charge in [0.1, 0.15) is 0 Å². The van der Waals surface area contributed by atoms with Gasteiger partial charge in [-0.05, 0) is 31.0 Å². The van der Waals surface area contributed by atoms with Crippen LogP contribution < -0.4 is 5.73 Å². The molecule has 1 unspecified atom stereocenters. The largest absolute Gasteiger partial charge is 0.405 e. The zero-order valence-corrected chi connectivity index (χ0v) is 7.09. The van der Waals surface area contributed by atoms with Crippen molar-refractivity contribution in [2.45, 2.75) is 27.2 Å². The molecule has 0 spiro atoms. The van der Waals surface area contributed by atoms with Crippen LogP contribution in [0.15, 0.2) is 23.9 Å². The summed E-state index contributed by atoms with van der Waals surface area (Å²) in [4.78, 5) is 0. The minimum absolute atomic E-state index is 0.500. The van der Waals surface area contributed by atoms with E-state index in [4.69, 9.17) is 5.73 Å². The predicted molar refractivity (Wildman–Crippen MR) is 46.5 cm³/mol. The quantitative estimate of drug-likeness (QED) is 0.597. The van der Waals surface area contributed by atoms with Crippen molar-refractivity contribution in [1.82, 2.24) is 0 Å². The average Bonchev–Trinajstić information content (AvgIpc) is 1.91. The Bertz CT molecular complexity index is 134. The first kappa shape index (κ1) is 9.28. The van der Waals surface area contributed by atoms with E-state index in [9.17, 15) is 0 Å². The third kappa shape index (κ3) is 2.72. The molecule has 10 heavy (non-hydrogen) atoms. The monoisotopic (exact) mass is 139 g/mol. The lowest BCUT2D eigenvalue weighted by Crippen LogP contribution is -1.97. The standard InChI is InChI=1S/C9H17N/c1-4-6-8(3)9(5-2)7-10/h4,6-8H,5,10H2,1-3H3/b6-4-,9-7-. The molecule has 1 nitrogen and oxygen atoms in total. The third-order valence-corrected chi connectivity index (χ3v) is 1.69. The lowest BCUT2D eigenvalue weighted by Gasteiger charge is -2.07. The topological polar surface area (TPSA) is 26.0 Å². The third-order valence-electron chi connectivity index (χ3n) is 1.69.